The Balaban J connectivity index is 1.46. The number of hydrogen-bond acceptors (Lipinski definition) is 5. The van der Waals surface area contributed by atoms with Gasteiger partial charge in [0.25, 0.3) is 0 Å². The topological polar surface area (TPSA) is 90.1 Å². The van der Waals surface area contributed by atoms with Crippen LogP contribution in [0.1, 0.15) is 23.0 Å². The van der Waals surface area contributed by atoms with Crippen LogP contribution in [0.4, 0.5) is 15.0 Å². The molecule has 0 saturated carbocycles. The maximum Gasteiger partial charge on any atom is 0.318 e. The quantitative estimate of drug-likeness (QED) is 0.702. The average Bonchev–Trinajstić information content (AvgIpc) is 3.23. The number of aryl methyl sites for hydroxylation is 1. The molecule has 1 unspecified atom stereocenters. The fraction of sp³-hybridized carbons (Fsp3) is 0.273. The van der Waals surface area contributed by atoms with Crippen LogP contribution in [-0.4, -0.2) is 51.6 Å². The molecule has 2 amide bonds. The number of rotatable bonds is 4. The zero-order valence-electron chi connectivity index (χ0n) is 17.1. The van der Waals surface area contributed by atoms with Crippen LogP contribution in [0, 0.1) is 17.1 Å². The smallest absolute Gasteiger partial charge is 0.318 e. The van der Waals surface area contributed by atoms with E-state index in [9.17, 15) is 9.18 Å². The summed E-state index contributed by atoms with van der Waals surface area (Å²) in [5.74, 6) is 0.978. The van der Waals surface area contributed by atoms with Gasteiger partial charge in [-0.3, -0.25) is 0 Å². The molecule has 1 saturated heterocycles. The molecular weight excluding hydrogens is 397 g/mol. The number of aromatic nitrogens is 3. The lowest BCUT2D eigenvalue weighted by Gasteiger charge is -2.36. The number of carbonyl (C=O) groups is 1. The van der Waals surface area contributed by atoms with E-state index in [0.717, 1.165) is 5.82 Å². The minimum absolute atomic E-state index is 0.240. The van der Waals surface area contributed by atoms with Crippen molar-refractivity contribution in [1.29, 1.82) is 5.26 Å². The van der Waals surface area contributed by atoms with Gasteiger partial charge < -0.3 is 19.7 Å². The van der Waals surface area contributed by atoms with Crippen molar-refractivity contribution in [1.82, 2.24) is 24.8 Å². The van der Waals surface area contributed by atoms with Crippen molar-refractivity contribution in [3.63, 3.8) is 0 Å². The van der Waals surface area contributed by atoms with Crippen LogP contribution >= 0.6 is 0 Å². The Morgan fingerprint density at radius 2 is 1.97 bits per heavy atom. The lowest BCUT2D eigenvalue weighted by Crippen LogP contribution is -2.52. The van der Waals surface area contributed by atoms with Crippen LogP contribution in [0.3, 0.4) is 0 Å². The molecule has 2 aromatic heterocycles. The van der Waals surface area contributed by atoms with Gasteiger partial charge in [0.15, 0.2) is 0 Å². The lowest BCUT2D eigenvalue weighted by atomic mass is 10.1. The molecular formula is C22H22FN7O. The van der Waals surface area contributed by atoms with Gasteiger partial charge in [-0.05, 0) is 29.8 Å². The second kappa shape index (κ2) is 8.83. The number of carbonyl (C=O) groups excluding carboxylic acids is 1. The maximum atomic E-state index is 13.8. The average molecular weight is 419 g/mol. The second-order valence-corrected chi connectivity index (χ2v) is 7.32. The van der Waals surface area contributed by atoms with Crippen LogP contribution in [0.15, 0.2) is 55.0 Å². The summed E-state index contributed by atoms with van der Waals surface area (Å²) in [4.78, 5) is 25.5. The molecule has 0 bridgehead atoms. The number of piperazine rings is 1. The van der Waals surface area contributed by atoms with Crippen LogP contribution in [-0.2, 0) is 7.05 Å². The molecule has 31 heavy (non-hydrogen) atoms. The van der Waals surface area contributed by atoms with Gasteiger partial charge in [0.05, 0.1) is 11.6 Å². The maximum absolute atomic E-state index is 13.8. The summed E-state index contributed by atoms with van der Waals surface area (Å²) >= 11 is 0. The number of halogens is 1. The Morgan fingerprint density at radius 3 is 2.65 bits per heavy atom. The fourth-order valence-corrected chi connectivity index (χ4v) is 3.65. The van der Waals surface area contributed by atoms with E-state index < -0.39 is 6.04 Å². The first-order valence-electron chi connectivity index (χ1n) is 9.94. The van der Waals surface area contributed by atoms with Crippen molar-refractivity contribution >= 4 is 11.8 Å². The molecule has 9 heteroatoms. The number of nitriles is 1. The number of nitrogens with one attached hydrogen (secondary N) is 1. The monoisotopic (exact) mass is 419 g/mol. The van der Waals surface area contributed by atoms with Gasteiger partial charge in [0.2, 0.25) is 0 Å². The minimum Gasteiger partial charge on any atom is -0.353 e. The first kappa shape index (κ1) is 20.3. The minimum atomic E-state index is -0.574. The van der Waals surface area contributed by atoms with Crippen molar-refractivity contribution in [3.8, 4) is 6.07 Å². The summed E-state index contributed by atoms with van der Waals surface area (Å²) in [6.07, 6.45) is 5.05. The van der Waals surface area contributed by atoms with E-state index in [1.807, 2.05) is 16.5 Å². The van der Waals surface area contributed by atoms with E-state index >= 15 is 0 Å². The molecule has 3 heterocycles. The summed E-state index contributed by atoms with van der Waals surface area (Å²) in [5.41, 5.74) is 1.18. The van der Waals surface area contributed by atoms with E-state index in [0.29, 0.717) is 43.1 Å². The molecule has 0 spiro atoms. The van der Waals surface area contributed by atoms with Gasteiger partial charge in [-0.15, -0.1) is 0 Å². The molecule has 0 radical (unpaired) electrons. The number of urea groups is 1. The van der Waals surface area contributed by atoms with Crippen molar-refractivity contribution < 1.29 is 9.18 Å². The molecule has 8 nitrogen and oxygen atoms in total. The zero-order chi connectivity index (χ0) is 21.8. The summed E-state index contributed by atoms with van der Waals surface area (Å²) in [6.45, 7) is 2.20. The highest BCUT2D eigenvalue weighted by atomic mass is 19.1. The largest absolute Gasteiger partial charge is 0.353 e. The third-order valence-corrected chi connectivity index (χ3v) is 5.33. The van der Waals surface area contributed by atoms with Crippen molar-refractivity contribution in [2.24, 2.45) is 7.05 Å². The van der Waals surface area contributed by atoms with Crippen molar-refractivity contribution in [3.05, 3.63) is 77.8 Å². The molecule has 158 valence electrons. The van der Waals surface area contributed by atoms with E-state index in [-0.39, 0.29) is 11.8 Å². The van der Waals surface area contributed by atoms with Gasteiger partial charge >= 0.3 is 6.03 Å². The van der Waals surface area contributed by atoms with Crippen LogP contribution < -0.4 is 10.2 Å². The van der Waals surface area contributed by atoms with E-state index in [1.54, 1.807) is 47.8 Å². The van der Waals surface area contributed by atoms with Gasteiger partial charge in [0, 0.05) is 51.8 Å². The van der Waals surface area contributed by atoms with E-state index in [2.05, 4.69) is 21.4 Å². The van der Waals surface area contributed by atoms with Gasteiger partial charge in [0.1, 0.15) is 23.5 Å². The number of imidazole rings is 1. The Kier molecular flexibility index (Phi) is 5.80. The highest BCUT2D eigenvalue weighted by Gasteiger charge is 2.27. The standard InChI is InChI=1S/C22H22FN7O/c1-28-8-7-26-21(28)20(17-3-2-4-18(23)14-17)27-22(31)30-11-9-29(10-12-30)19-13-16(15-24)5-6-25-19/h2-8,13-14,20H,9-12H2,1H3,(H,27,31). The molecule has 1 fully saturated rings. The zero-order valence-corrected chi connectivity index (χ0v) is 17.1. The van der Waals surface area contributed by atoms with Gasteiger partial charge in [-0.2, -0.15) is 5.26 Å². The molecule has 1 N–H and O–H groups in total. The summed E-state index contributed by atoms with van der Waals surface area (Å²) in [5, 5.41) is 12.1. The molecule has 1 aliphatic heterocycles. The van der Waals surface area contributed by atoms with Crippen LogP contribution in [0.25, 0.3) is 0 Å². The van der Waals surface area contributed by atoms with Crippen molar-refractivity contribution in [2.75, 3.05) is 31.1 Å². The Bertz CT molecular complexity index is 1110. The Morgan fingerprint density at radius 1 is 1.16 bits per heavy atom. The molecule has 1 atom stereocenters. The normalized spacial score (nSPS) is 14.7. The van der Waals surface area contributed by atoms with Crippen LogP contribution in [0.5, 0.6) is 0 Å². The summed E-state index contributed by atoms with van der Waals surface area (Å²) < 4.78 is 15.6. The highest BCUT2D eigenvalue weighted by molar-refractivity contribution is 5.75. The first-order chi connectivity index (χ1) is 15.0. The molecule has 1 aliphatic rings. The predicted molar refractivity (Wildman–Crippen MR) is 113 cm³/mol. The number of pyridine rings is 1. The Labute approximate surface area is 179 Å². The third kappa shape index (κ3) is 4.48. The number of hydrogen-bond donors (Lipinski definition) is 1. The van der Waals surface area contributed by atoms with E-state index in [4.69, 9.17) is 5.26 Å². The molecule has 3 aromatic rings. The Hall–Kier alpha value is -3.93. The van der Waals surface area contributed by atoms with E-state index in [1.165, 1.54) is 12.1 Å². The number of nitrogens with zero attached hydrogens (tertiary/aromatic N) is 6. The number of amides is 2. The van der Waals surface area contributed by atoms with Crippen LogP contribution in [0.2, 0.25) is 0 Å². The summed E-state index contributed by atoms with van der Waals surface area (Å²) in [6, 6.07) is 10.9. The van der Waals surface area contributed by atoms with Crippen molar-refractivity contribution in [2.45, 2.75) is 6.04 Å². The number of benzene rings is 1. The SMILES string of the molecule is Cn1ccnc1C(NC(=O)N1CCN(c2cc(C#N)ccn2)CC1)c1cccc(F)c1. The van der Waals surface area contributed by atoms with Gasteiger partial charge in [-0.1, -0.05) is 12.1 Å². The lowest BCUT2D eigenvalue weighted by molar-refractivity contribution is 0.191. The second-order valence-electron chi connectivity index (χ2n) is 7.32. The third-order valence-electron chi connectivity index (χ3n) is 5.33. The number of anilines is 1. The molecule has 1 aromatic carbocycles. The molecule has 4 rings (SSSR count). The predicted octanol–water partition coefficient (Wildman–Crippen LogP) is 2.45. The summed E-state index contributed by atoms with van der Waals surface area (Å²) in [7, 11) is 1.84. The molecule has 0 aliphatic carbocycles. The highest BCUT2D eigenvalue weighted by Crippen LogP contribution is 2.22. The first-order valence-corrected chi connectivity index (χ1v) is 9.94. The fourth-order valence-electron chi connectivity index (χ4n) is 3.65. The van der Waals surface area contributed by atoms with Gasteiger partial charge in [-0.25, -0.2) is 19.2 Å².